The summed E-state index contributed by atoms with van der Waals surface area (Å²) < 4.78 is 5.22. The second-order valence-corrected chi connectivity index (χ2v) is 11.6. The number of rotatable bonds is 2. The van der Waals surface area contributed by atoms with Crippen molar-refractivity contribution in [2.45, 2.75) is 38.5 Å². The van der Waals surface area contributed by atoms with Gasteiger partial charge in [0.05, 0.1) is 14.1 Å². The van der Waals surface area contributed by atoms with Gasteiger partial charge in [-0.2, -0.15) is 0 Å². The highest BCUT2D eigenvalue weighted by Crippen LogP contribution is 2.40. The van der Waals surface area contributed by atoms with Gasteiger partial charge in [-0.3, -0.25) is 4.90 Å². The van der Waals surface area contributed by atoms with Gasteiger partial charge in [0.25, 0.3) is 0 Å². The number of allylic oxidation sites excluding steroid dienone is 1. The number of fused-ring (bicyclic) bond motifs is 1. The molecule has 0 bridgehead atoms. The van der Waals surface area contributed by atoms with Crippen LogP contribution in [0.4, 0.5) is 4.79 Å². The monoisotopic (exact) mass is 287 g/mol. The molecular formula is C16H21NO2Si. The van der Waals surface area contributed by atoms with E-state index in [2.05, 4.69) is 43.9 Å². The van der Waals surface area contributed by atoms with Crippen molar-refractivity contribution >= 4 is 19.4 Å². The molecule has 2 saturated heterocycles. The highest BCUT2D eigenvalue weighted by Gasteiger charge is 2.43. The number of carbonyl (C=O) groups is 1. The lowest BCUT2D eigenvalue weighted by Gasteiger charge is -2.27. The van der Waals surface area contributed by atoms with Gasteiger partial charge < -0.3 is 4.74 Å². The first kappa shape index (κ1) is 13.4. The largest absolute Gasteiger partial charge is 0.447 e. The van der Waals surface area contributed by atoms with E-state index in [4.69, 9.17) is 4.74 Å². The molecule has 0 saturated carbocycles. The van der Waals surface area contributed by atoms with Crippen LogP contribution in [0.3, 0.4) is 0 Å². The zero-order valence-corrected chi connectivity index (χ0v) is 13.3. The van der Waals surface area contributed by atoms with Crippen LogP contribution in [-0.2, 0) is 4.74 Å². The fourth-order valence-corrected chi connectivity index (χ4v) is 5.45. The Morgan fingerprint density at radius 3 is 2.60 bits per heavy atom. The van der Waals surface area contributed by atoms with Gasteiger partial charge in [0, 0.05) is 5.70 Å². The van der Waals surface area contributed by atoms with Gasteiger partial charge in [0.1, 0.15) is 6.61 Å². The van der Waals surface area contributed by atoms with E-state index in [1.807, 2.05) is 11.0 Å². The predicted molar refractivity (Wildman–Crippen MR) is 82.9 cm³/mol. The molecule has 4 heteroatoms. The summed E-state index contributed by atoms with van der Waals surface area (Å²) in [5, 5.41) is 1.40. The average molecular weight is 287 g/mol. The maximum Gasteiger partial charge on any atom is 0.414 e. The van der Waals surface area contributed by atoms with E-state index in [1.54, 1.807) is 0 Å². The van der Waals surface area contributed by atoms with Crippen molar-refractivity contribution in [2.24, 2.45) is 0 Å². The van der Waals surface area contributed by atoms with Crippen molar-refractivity contribution in [3.05, 3.63) is 41.6 Å². The first-order valence-corrected chi connectivity index (χ1v) is 10.7. The maximum absolute atomic E-state index is 12.0. The predicted octanol–water partition coefficient (Wildman–Crippen LogP) is 3.89. The number of benzene rings is 1. The number of amides is 1. The van der Waals surface area contributed by atoms with Crippen molar-refractivity contribution in [1.82, 2.24) is 4.90 Å². The zero-order chi connectivity index (χ0) is 14.3. The maximum atomic E-state index is 12.0. The van der Waals surface area contributed by atoms with E-state index in [-0.39, 0.29) is 12.1 Å². The van der Waals surface area contributed by atoms with Crippen molar-refractivity contribution in [1.29, 1.82) is 0 Å². The molecule has 2 fully saturated rings. The average Bonchev–Trinajstić information content (AvgIpc) is 2.94. The van der Waals surface area contributed by atoms with Crippen molar-refractivity contribution < 1.29 is 9.53 Å². The Bertz CT molecular complexity index is 560. The second-order valence-electron chi connectivity index (χ2n) is 6.58. The topological polar surface area (TPSA) is 29.5 Å². The minimum atomic E-state index is -1.55. The molecule has 1 unspecified atom stereocenters. The number of carbonyl (C=O) groups excluding carboxylic acids is 1. The van der Waals surface area contributed by atoms with Gasteiger partial charge in [-0.25, -0.2) is 4.79 Å². The van der Waals surface area contributed by atoms with Gasteiger partial charge >= 0.3 is 6.09 Å². The normalized spacial score (nSPS) is 24.6. The van der Waals surface area contributed by atoms with Gasteiger partial charge in [0.2, 0.25) is 0 Å². The summed E-state index contributed by atoms with van der Waals surface area (Å²) in [6.07, 6.45) is 1.87. The molecule has 3 rings (SSSR count). The van der Waals surface area contributed by atoms with Gasteiger partial charge in [0.15, 0.2) is 0 Å². The van der Waals surface area contributed by atoms with E-state index >= 15 is 0 Å². The minimum Gasteiger partial charge on any atom is -0.447 e. The van der Waals surface area contributed by atoms with Crippen LogP contribution in [0.2, 0.25) is 19.6 Å². The minimum absolute atomic E-state index is 0.158. The third kappa shape index (κ3) is 2.18. The molecule has 1 atom stereocenters. The second kappa shape index (κ2) is 4.77. The van der Waals surface area contributed by atoms with E-state index < -0.39 is 8.07 Å². The van der Waals surface area contributed by atoms with Crippen LogP contribution >= 0.6 is 0 Å². The van der Waals surface area contributed by atoms with Crippen molar-refractivity contribution in [3.8, 4) is 0 Å². The summed E-state index contributed by atoms with van der Waals surface area (Å²) in [4.78, 5) is 13.9. The van der Waals surface area contributed by atoms with Crippen LogP contribution in [-0.4, -0.2) is 31.7 Å². The smallest absolute Gasteiger partial charge is 0.414 e. The number of hydrogen-bond donors (Lipinski definition) is 0. The third-order valence-electron chi connectivity index (χ3n) is 4.07. The van der Waals surface area contributed by atoms with Crippen LogP contribution < -0.4 is 0 Å². The van der Waals surface area contributed by atoms with E-state index in [9.17, 15) is 4.79 Å². The van der Waals surface area contributed by atoms with Crippen LogP contribution in [0, 0.1) is 0 Å². The third-order valence-corrected chi connectivity index (χ3v) is 6.14. The molecule has 3 nitrogen and oxygen atoms in total. The summed E-state index contributed by atoms with van der Waals surface area (Å²) in [6, 6.07) is 10.8. The quantitative estimate of drug-likeness (QED) is 0.772. The molecule has 2 aliphatic heterocycles. The number of nitrogens with zero attached hydrogens (tertiary/aromatic N) is 1. The molecular weight excluding hydrogens is 266 g/mol. The fraction of sp³-hybridized carbons (Fsp3) is 0.438. The summed E-state index contributed by atoms with van der Waals surface area (Å²) in [6.45, 7) is 7.58. The molecule has 0 aromatic heterocycles. The van der Waals surface area contributed by atoms with Crippen LogP contribution in [0.1, 0.15) is 18.4 Å². The van der Waals surface area contributed by atoms with E-state index in [0.717, 1.165) is 12.8 Å². The molecule has 1 aromatic carbocycles. The van der Waals surface area contributed by atoms with E-state index in [1.165, 1.54) is 16.5 Å². The Hall–Kier alpha value is -1.55. The summed E-state index contributed by atoms with van der Waals surface area (Å²) in [7, 11) is -1.55. The van der Waals surface area contributed by atoms with Gasteiger partial charge in [-0.05, 0) is 23.6 Å². The standard InChI is InChI=1S/C16H21NO2Si/c1-20(2,3)15(12-7-5-4-6-8-12)14-10-9-13-11-19-16(18)17(13)14/h4-8,13H,9-11H2,1-3H3/b15-14-. The molecule has 20 heavy (non-hydrogen) atoms. The number of ether oxygens (including phenoxy) is 1. The zero-order valence-electron chi connectivity index (χ0n) is 12.3. The molecule has 0 radical (unpaired) electrons. The Morgan fingerprint density at radius 2 is 1.95 bits per heavy atom. The number of cyclic esters (lactones) is 1. The van der Waals surface area contributed by atoms with Crippen LogP contribution in [0.15, 0.2) is 36.0 Å². The summed E-state index contributed by atoms with van der Waals surface area (Å²) in [5.41, 5.74) is 2.48. The first-order valence-electron chi connectivity index (χ1n) is 7.23. The van der Waals surface area contributed by atoms with Crippen molar-refractivity contribution in [2.75, 3.05) is 6.61 Å². The number of hydrogen-bond acceptors (Lipinski definition) is 2. The molecule has 0 aliphatic carbocycles. The fourth-order valence-electron chi connectivity index (χ4n) is 3.31. The highest BCUT2D eigenvalue weighted by molar-refractivity contribution is 6.93. The molecule has 106 valence electrons. The molecule has 0 spiro atoms. The molecule has 1 amide bonds. The SMILES string of the molecule is C[Si](C)(C)/C(=C1/CCC2COC(=O)N12)c1ccccc1. The van der Waals surface area contributed by atoms with Crippen molar-refractivity contribution in [3.63, 3.8) is 0 Å². The first-order chi connectivity index (χ1) is 9.48. The Balaban J connectivity index is 2.14. The van der Waals surface area contributed by atoms with Gasteiger partial charge in [-0.15, -0.1) is 0 Å². The van der Waals surface area contributed by atoms with E-state index in [0.29, 0.717) is 6.61 Å². The Morgan fingerprint density at radius 1 is 1.25 bits per heavy atom. The van der Waals surface area contributed by atoms with Crippen LogP contribution in [0.25, 0.3) is 5.20 Å². The Labute approximate surface area is 121 Å². The lowest BCUT2D eigenvalue weighted by Crippen LogP contribution is -2.31. The van der Waals surface area contributed by atoms with Gasteiger partial charge in [-0.1, -0.05) is 50.0 Å². The summed E-state index contributed by atoms with van der Waals surface area (Å²) >= 11 is 0. The molecule has 2 heterocycles. The highest BCUT2D eigenvalue weighted by atomic mass is 28.3. The van der Waals surface area contributed by atoms with Crippen LogP contribution in [0.5, 0.6) is 0 Å². The lowest BCUT2D eigenvalue weighted by molar-refractivity contribution is 0.164. The molecule has 0 N–H and O–H groups in total. The molecule has 1 aromatic rings. The summed E-state index contributed by atoms with van der Waals surface area (Å²) in [5.74, 6) is 0. The Kier molecular flexibility index (Phi) is 3.20. The molecule has 2 aliphatic rings. The lowest BCUT2D eigenvalue weighted by atomic mass is 10.1.